The van der Waals surface area contributed by atoms with Crippen molar-refractivity contribution in [1.29, 1.82) is 0 Å². The minimum atomic E-state index is -3.82. The first-order chi connectivity index (χ1) is 3.12. The molecule has 40 valence electrons. The van der Waals surface area contributed by atoms with Gasteiger partial charge in [-0.3, -0.25) is 4.57 Å². The number of hydrogen-bond acceptors (Lipinski definition) is 2. The summed E-state index contributed by atoms with van der Waals surface area (Å²) < 4.78 is 9.91. The van der Waals surface area contributed by atoms with Crippen LogP contribution in [-0.4, -0.2) is 4.89 Å². The summed E-state index contributed by atoms with van der Waals surface area (Å²) in [5.74, 6) is 0.625. The third kappa shape index (κ3) is 2.25. The number of rotatable bonds is 2. The Bertz CT molecular complexity index is 119. The summed E-state index contributed by atoms with van der Waals surface area (Å²) in [7, 11) is -3.82. The van der Waals surface area contributed by atoms with Gasteiger partial charge in [0, 0.05) is 10.8 Å². The molecule has 0 bridgehead atoms. The van der Waals surface area contributed by atoms with Gasteiger partial charge in [-0.05, 0) is 0 Å². The standard InChI is InChI=1S/C2H4NO3P/c1-2-7(5,6)3-4/h2H,1H2,(H,5,6). The van der Waals surface area contributed by atoms with Gasteiger partial charge in [-0.25, -0.2) is 0 Å². The van der Waals surface area contributed by atoms with Crippen molar-refractivity contribution >= 4 is 7.52 Å². The first-order valence-corrected chi connectivity index (χ1v) is 3.11. The molecule has 0 fully saturated rings. The summed E-state index contributed by atoms with van der Waals surface area (Å²) in [5, 5.41) is 0. The summed E-state index contributed by atoms with van der Waals surface area (Å²) in [4.78, 5) is 19.2. The van der Waals surface area contributed by atoms with Gasteiger partial charge in [0.1, 0.15) is 0 Å². The third-order valence-electron chi connectivity index (χ3n) is 0.355. The highest BCUT2D eigenvalue weighted by atomic mass is 31.2. The van der Waals surface area contributed by atoms with E-state index in [9.17, 15) is 9.47 Å². The molecule has 0 aliphatic heterocycles. The predicted octanol–water partition coefficient (Wildman–Crippen LogP) is 1.08. The second-order valence-corrected chi connectivity index (χ2v) is 2.56. The molecule has 0 aliphatic rings. The monoisotopic (exact) mass is 121 g/mol. The lowest BCUT2D eigenvalue weighted by Crippen LogP contribution is -1.60. The molecule has 0 rings (SSSR count). The maximum absolute atomic E-state index is 9.91. The van der Waals surface area contributed by atoms with E-state index in [1.54, 1.807) is 0 Å². The quantitative estimate of drug-likeness (QED) is 0.439. The van der Waals surface area contributed by atoms with Crippen LogP contribution in [0.15, 0.2) is 17.3 Å². The van der Waals surface area contributed by atoms with Gasteiger partial charge in [0.2, 0.25) is 0 Å². The second-order valence-electron chi connectivity index (χ2n) is 0.853. The fraction of sp³-hybridized carbons (Fsp3) is 0. The zero-order valence-electron chi connectivity index (χ0n) is 3.44. The Labute approximate surface area is 40.3 Å². The topological polar surface area (TPSA) is 66.7 Å². The van der Waals surface area contributed by atoms with Gasteiger partial charge in [0.25, 0.3) is 0 Å². The molecule has 7 heavy (non-hydrogen) atoms. The summed E-state index contributed by atoms with van der Waals surface area (Å²) in [6, 6.07) is 0. The molecule has 0 spiro atoms. The van der Waals surface area contributed by atoms with Crippen molar-refractivity contribution in [1.82, 2.24) is 0 Å². The SMILES string of the molecule is C=CP(=O)(O)N=O. The van der Waals surface area contributed by atoms with Gasteiger partial charge in [-0.15, -0.1) is 4.91 Å². The lowest BCUT2D eigenvalue weighted by molar-refractivity contribution is 0.490. The van der Waals surface area contributed by atoms with Crippen LogP contribution in [0.25, 0.3) is 0 Å². The van der Waals surface area contributed by atoms with Crippen LogP contribution in [0.3, 0.4) is 0 Å². The molecule has 0 saturated carbocycles. The molecule has 0 heterocycles. The van der Waals surface area contributed by atoms with Gasteiger partial charge in [-0.2, -0.15) is 0 Å². The molecule has 0 aromatic carbocycles. The normalized spacial score (nSPS) is 17.3. The maximum Gasteiger partial charge on any atom is 0.372 e. The van der Waals surface area contributed by atoms with Crippen molar-refractivity contribution in [3.8, 4) is 0 Å². The van der Waals surface area contributed by atoms with Crippen LogP contribution in [0.2, 0.25) is 0 Å². The van der Waals surface area contributed by atoms with Gasteiger partial charge in [-0.1, -0.05) is 6.58 Å². The molecule has 0 amide bonds. The Morgan fingerprint density at radius 2 is 2.29 bits per heavy atom. The van der Waals surface area contributed by atoms with E-state index in [4.69, 9.17) is 4.89 Å². The first kappa shape index (κ1) is 6.53. The van der Waals surface area contributed by atoms with Crippen molar-refractivity contribution < 1.29 is 9.46 Å². The van der Waals surface area contributed by atoms with Gasteiger partial charge >= 0.3 is 7.52 Å². The van der Waals surface area contributed by atoms with Crippen LogP contribution in [0.4, 0.5) is 0 Å². The van der Waals surface area contributed by atoms with Crippen LogP contribution in [0, 0.1) is 4.91 Å². The zero-order chi connectivity index (χ0) is 5.91. The average molecular weight is 121 g/mol. The Balaban J connectivity index is 4.13. The minimum Gasteiger partial charge on any atom is -0.323 e. The van der Waals surface area contributed by atoms with Crippen LogP contribution >= 0.6 is 7.52 Å². The Hall–Kier alpha value is -0.470. The largest absolute Gasteiger partial charge is 0.372 e. The van der Waals surface area contributed by atoms with Crippen LogP contribution in [0.5, 0.6) is 0 Å². The molecule has 1 atom stereocenters. The van der Waals surface area contributed by atoms with E-state index in [-0.39, 0.29) is 0 Å². The Kier molecular flexibility index (Phi) is 1.87. The van der Waals surface area contributed by atoms with E-state index in [2.05, 4.69) is 6.58 Å². The van der Waals surface area contributed by atoms with Crippen molar-refractivity contribution in [2.45, 2.75) is 0 Å². The molecule has 1 unspecified atom stereocenters. The summed E-state index contributed by atoms with van der Waals surface area (Å²) in [5.41, 5.74) is 0. The number of nitroso groups, excluding NO2 is 1. The third-order valence-corrected chi connectivity index (χ3v) is 1.06. The Morgan fingerprint density at radius 3 is 2.29 bits per heavy atom. The summed E-state index contributed by atoms with van der Waals surface area (Å²) >= 11 is 0. The highest BCUT2D eigenvalue weighted by Crippen LogP contribution is 2.42. The molecule has 4 nitrogen and oxygen atoms in total. The fourth-order valence-electron chi connectivity index (χ4n) is 0.0333. The molecule has 5 heteroatoms. The Morgan fingerprint density at radius 1 is 1.86 bits per heavy atom. The van der Waals surface area contributed by atoms with Crippen molar-refractivity contribution in [2.75, 3.05) is 0 Å². The predicted molar refractivity (Wildman–Crippen MR) is 25.8 cm³/mol. The van der Waals surface area contributed by atoms with Gasteiger partial charge in [0.05, 0.1) is 0 Å². The van der Waals surface area contributed by atoms with E-state index in [1.807, 2.05) is 4.95 Å². The molecular formula is C2H4NO3P. The van der Waals surface area contributed by atoms with Crippen molar-refractivity contribution in [3.63, 3.8) is 0 Å². The van der Waals surface area contributed by atoms with E-state index in [0.29, 0.717) is 5.82 Å². The average Bonchev–Trinajstić information content (AvgIpc) is 1.68. The van der Waals surface area contributed by atoms with E-state index in [1.165, 1.54) is 0 Å². The second kappa shape index (κ2) is 2.00. The maximum atomic E-state index is 9.91. The molecule has 0 saturated heterocycles. The smallest absolute Gasteiger partial charge is 0.323 e. The minimum absolute atomic E-state index is 0.625. The van der Waals surface area contributed by atoms with E-state index in [0.717, 1.165) is 0 Å². The van der Waals surface area contributed by atoms with Crippen LogP contribution in [-0.2, 0) is 4.57 Å². The highest BCUT2D eigenvalue weighted by molar-refractivity contribution is 7.59. The van der Waals surface area contributed by atoms with Crippen LogP contribution < -0.4 is 0 Å². The number of nitrogens with zero attached hydrogens (tertiary/aromatic N) is 1. The molecule has 1 N–H and O–H groups in total. The first-order valence-electron chi connectivity index (χ1n) is 1.43. The molecule has 0 aromatic heterocycles. The van der Waals surface area contributed by atoms with E-state index >= 15 is 0 Å². The van der Waals surface area contributed by atoms with E-state index < -0.39 is 7.52 Å². The van der Waals surface area contributed by atoms with Crippen molar-refractivity contribution in [2.24, 2.45) is 4.95 Å². The van der Waals surface area contributed by atoms with Crippen LogP contribution in [0.1, 0.15) is 0 Å². The molecular weight excluding hydrogens is 117 g/mol. The number of hydrogen-bond donors (Lipinski definition) is 1. The lowest BCUT2D eigenvalue weighted by Gasteiger charge is -1.85. The molecule has 0 aromatic rings. The fourth-order valence-corrected chi connectivity index (χ4v) is 0.100. The molecule has 0 radical (unpaired) electrons. The summed E-state index contributed by atoms with van der Waals surface area (Å²) in [6.45, 7) is 2.90. The zero-order valence-corrected chi connectivity index (χ0v) is 4.34. The van der Waals surface area contributed by atoms with Gasteiger partial charge < -0.3 is 4.89 Å². The van der Waals surface area contributed by atoms with Crippen molar-refractivity contribution in [3.05, 3.63) is 17.3 Å². The van der Waals surface area contributed by atoms with Gasteiger partial charge in [0.15, 0.2) is 0 Å². The summed E-state index contributed by atoms with van der Waals surface area (Å²) in [6.07, 6.45) is 0. The highest BCUT2D eigenvalue weighted by Gasteiger charge is 2.09. The molecule has 0 aliphatic carbocycles. The lowest BCUT2D eigenvalue weighted by atomic mass is 11.3.